The summed E-state index contributed by atoms with van der Waals surface area (Å²) in [6.45, 7) is 0. The van der Waals surface area contributed by atoms with Crippen LogP contribution in [-0.4, -0.2) is 12.4 Å². The number of ether oxygens (including phenoxy) is 1. The van der Waals surface area contributed by atoms with E-state index < -0.39 is 0 Å². The molecule has 0 aliphatic rings. The Balaban J connectivity index is 2.26. The van der Waals surface area contributed by atoms with Gasteiger partial charge in [-0.2, -0.15) is 0 Å². The quantitative estimate of drug-likeness (QED) is 0.646. The Bertz CT molecular complexity index is 526. The van der Waals surface area contributed by atoms with Gasteiger partial charge in [0.25, 0.3) is 0 Å². The van der Waals surface area contributed by atoms with E-state index >= 15 is 0 Å². The lowest BCUT2D eigenvalue weighted by Crippen LogP contribution is -2.05. The molecule has 0 radical (unpaired) electrons. The van der Waals surface area contributed by atoms with Crippen LogP contribution in [0.3, 0.4) is 0 Å². The number of rotatable bonds is 5. The molecule has 0 bridgehead atoms. The van der Waals surface area contributed by atoms with Crippen LogP contribution < -0.4 is 4.74 Å². The van der Waals surface area contributed by atoms with E-state index in [1.807, 2.05) is 12.1 Å². The molecule has 0 saturated heterocycles. The molecule has 19 heavy (non-hydrogen) atoms. The van der Waals surface area contributed by atoms with Crippen LogP contribution in [0.4, 0.5) is 0 Å². The standard InChI is InChI=1S/C16H16Br2O/c1-19-16-8-7-15(18)10-13(16)9-14(11-17)12-5-3-2-4-6-12/h2-8,10,14H,9,11H2,1H3. The van der Waals surface area contributed by atoms with Crippen molar-refractivity contribution in [2.45, 2.75) is 12.3 Å². The van der Waals surface area contributed by atoms with E-state index in [-0.39, 0.29) is 0 Å². The Morgan fingerprint density at radius 1 is 1.11 bits per heavy atom. The first kappa shape index (κ1) is 14.6. The Morgan fingerprint density at radius 2 is 1.84 bits per heavy atom. The van der Waals surface area contributed by atoms with Gasteiger partial charge in [0, 0.05) is 9.80 Å². The van der Waals surface area contributed by atoms with Crippen molar-refractivity contribution < 1.29 is 4.74 Å². The van der Waals surface area contributed by atoms with Crippen molar-refractivity contribution in [3.05, 3.63) is 64.1 Å². The van der Waals surface area contributed by atoms with Crippen molar-refractivity contribution in [3.8, 4) is 5.75 Å². The van der Waals surface area contributed by atoms with Crippen LogP contribution in [0.2, 0.25) is 0 Å². The molecule has 0 amide bonds. The average molecular weight is 384 g/mol. The molecule has 0 fully saturated rings. The smallest absolute Gasteiger partial charge is 0.122 e. The summed E-state index contributed by atoms with van der Waals surface area (Å²) < 4.78 is 6.53. The maximum absolute atomic E-state index is 5.45. The molecule has 2 aromatic rings. The fraction of sp³-hybridized carbons (Fsp3) is 0.250. The summed E-state index contributed by atoms with van der Waals surface area (Å²) >= 11 is 7.15. The molecule has 3 heteroatoms. The molecule has 1 nitrogen and oxygen atoms in total. The molecule has 1 unspecified atom stereocenters. The van der Waals surface area contributed by atoms with E-state index in [1.54, 1.807) is 7.11 Å². The second-order valence-electron chi connectivity index (χ2n) is 4.42. The summed E-state index contributed by atoms with van der Waals surface area (Å²) in [4.78, 5) is 0. The molecular weight excluding hydrogens is 368 g/mol. The van der Waals surface area contributed by atoms with Gasteiger partial charge in [0.15, 0.2) is 0 Å². The average Bonchev–Trinajstić information content (AvgIpc) is 2.46. The van der Waals surface area contributed by atoms with E-state index in [9.17, 15) is 0 Å². The van der Waals surface area contributed by atoms with Crippen molar-refractivity contribution >= 4 is 31.9 Å². The number of hydrogen-bond donors (Lipinski definition) is 0. The van der Waals surface area contributed by atoms with Crippen LogP contribution in [-0.2, 0) is 6.42 Å². The monoisotopic (exact) mass is 382 g/mol. The van der Waals surface area contributed by atoms with Crippen molar-refractivity contribution in [1.29, 1.82) is 0 Å². The number of alkyl halides is 1. The molecule has 0 spiro atoms. The highest BCUT2D eigenvalue weighted by Crippen LogP contribution is 2.30. The third-order valence-corrected chi connectivity index (χ3v) is 4.44. The van der Waals surface area contributed by atoms with Crippen molar-refractivity contribution in [2.24, 2.45) is 0 Å². The molecule has 1 atom stereocenters. The topological polar surface area (TPSA) is 9.23 Å². The summed E-state index contributed by atoms with van der Waals surface area (Å²) in [6, 6.07) is 16.7. The Labute approximate surface area is 131 Å². The van der Waals surface area contributed by atoms with Gasteiger partial charge in [-0.15, -0.1) is 0 Å². The molecular formula is C16H16Br2O. The third-order valence-electron chi connectivity index (χ3n) is 3.17. The van der Waals surface area contributed by atoms with Gasteiger partial charge in [-0.25, -0.2) is 0 Å². The molecule has 0 aromatic heterocycles. The Kier molecular flexibility index (Phi) is 5.46. The minimum atomic E-state index is 0.449. The lowest BCUT2D eigenvalue weighted by Gasteiger charge is -2.17. The zero-order chi connectivity index (χ0) is 13.7. The van der Waals surface area contributed by atoms with Crippen molar-refractivity contribution in [2.75, 3.05) is 12.4 Å². The Hall–Kier alpha value is -0.800. The largest absolute Gasteiger partial charge is 0.496 e. The summed E-state index contributed by atoms with van der Waals surface area (Å²) in [5.41, 5.74) is 2.58. The predicted molar refractivity (Wildman–Crippen MR) is 87.4 cm³/mol. The number of methoxy groups -OCH3 is 1. The molecule has 0 N–H and O–H groups in total. The molecule has 2 aromatic carbocycles. The fourth-order valence-corrected chi connectivity index (χ4v) is 3.17. The maximum Gasteiger partial charge on any atom is 0.122 e. The van der Waals surface area contributed by atoms with Crippen LogP contribution in [0, 0.1) is 0 Å². The van der Waals surface area contributed by atoms with E-state index in [2.05, 4.69) is 68.3 Å². The second kappa shape index (κ2) is 7.11. The normalized spacial score (nSPS) is 12.2. The van der Waals surface area contributed by atoms with Gasteiger partial charge >= 0.3 is 0 Å². The predicted octanol–water partition coefficient (Wildman–Crippen LogP) is 5.18. The first-order valence-corrected chi connectivity index (χ1v) is 8.09. The fourth-order valence-electron chi connectivity index (χ4n) is 2.16. The highest BCUT2D eigenvalue weighted by Gasteiger charge is 2.14. The first-order valence-electron chi connectivity index (χ1n) is 6.18. The van der Waals surface area contributed by atoms with Crippen LogP contribution in [0.1, 0.15) is 17.0 Å². The van der Waals surface area contributed by atoms with Crippen LogP contribution in [0.25, 0.3) is 0 Å². The summed E-state index contributed by atoms with van der Waals surface area (Å²) in [6.07, 6.45) is 0.956. The molecule has 0 saturated carbocycles. The summed E-state index contributed by atoms with van der Waals surface area (Å²) in [5.74, 6) is 1.40. The molecule has 0 aliphatic heterocycles. The lowest BCUT2D eigenvalue weighted by atomic mass is 9.93. The number of benzene rings is 2. The zero-order valence-electron chi connectivity index (χ0n) is 10.8. The minimum absolute atomic E-state index is 0.449. The number of halogens is 2. The van der Waals surface area contributed by atoms with Gasteiger partial charge in [0.2, 0.25) is 0 Å². The van der Waals surface area contributed by atoms with Crippen LogP contribution >= 0.6 is 31.9 Å². The third kappa shape index (κ3) is 3.83. The Morgan fingerprint density at radius 3 is 2.47 bits per heavy atom. The van der Waals surface area contributed by atoms with Gasteiger partial charge in [-0.05, 0) is 41.7 Å². The number of hydrogen-bond acceptors (Lipinski definition) is 1. The van der Waals surface area contributed by atoms with Crippen LogP contribution in [0.5, 0.6) is 5.75 Å². The molecule has 0 heterocycles. The zero-order valence-corrected chi connectivity index (χ0v) is 13.9. The van der Waals surface area contributed by atoms with E-state index in [1.165, 1.54) is 11.1 Å². The SMILES string of the molecule is COc1ccc(Br)cc1CC(CBr)c1ccccc1. The molecule has 2 rings (SSSR count). The van der Waals surface area contributed by atoms with Gasteiger partial charge in [-0.1, -0.05) is 62.2 Å². The van der Waals surface area contributed by atoms with E-state index in [0.29, 0.717) is 5.92 Å². The highest BCUT2D eigenvalue weighted by molar-refractivity contribution is 9.10. The van der Waals surface area contributed by atoms with E-state index in [4.69, 9.17) is 4.74 Å². The van der Waals surface area contributed by atoms with Crippen LogP contribution in [0.15, 0.2) is 53.0 Å². The maximum atomic E-state index is 5.45. The summed E-state index contributed by atoms with van der Waals surface area (Å²) in [5, 5.41) is 0.937. The first-order chi connectivity index (χ1) is 9.24. The van der Waals surface area contributed by atoms with Gasteiger partial charge < -0.3 is 4.74 Å². The second-order valence-corrected chi connectivity index (χ2v) is 5.99. The van der Waals surface area contributed by atoms with Crippen molar-refractivity contribution in [3.63, 3.8) is 0 Å². The molecule has 0 aliphatic carbocycles. The lowest BCUT2D eigenvalue weighted by molar-refractivity contribution is 0.408. The van der Waals surface area contributed by atoms with E-state index in [0.717, 1.165) is 22.0 Å². The summed E-state index contributed by atoms with van der Waals surface area (Å²) in [7, 11) is 1.72. The van der Waals surface area contributed by atoms with Crippen molar-refractivity contribution in [1.82, 2.24) is 0 Å². The highest BCUT2D eigenvalue weighted by atomic mass is 79.9. The molecule has 100 valence electrons. The van der Waals surface area contributed by atoms with Gasteiger partial charge in [-0.3, -0.25) is 0 Å². The van der Waals surface area contributed by atoms with Gasteiger partial charge in [0.05, 0.1) is 7.11 Å². The van der Waals surface area contributed by atoms with Gasteiger partial charge in [0.1, 0.15) is 5.75 Å². The minimum Gasteiger partial charge on any atom is -0.496 e.